The predicted molar refractivity (Wildman–Crippen MR) is 85.7 cm³/mol. The summed E-state index contributed by atoms with van der Waals surface area (Å²) in [5.74, 6) is 0.451. The van der Waals surface area contributed by atoms with Crippen LogP contribution in [0.15, 0.2) is 40.0 Å². The molecule has 0 spiro atoms. The van der Waals surface area contributed by atoms with Gasteiger partial charge in [0.1, 0.15) is 5.76 Å². The van der Waals surface area contributed by atoms with E-state index >= 15 is 0 Å². The number of oxime groups is 1. The number of amides is 1. The van der Waals surface area contributed by atoms with Crippen molar-refractivity contribution in [2.45, 2.75) is 26.4 Å². The number of nitrogens with zero attached hydrogens (tertiary/aromatic N) is 3. The molecule has 0 radical (unpaired) electrons. The molecule has 9 heteroatoms. The molecule has 0 aliphatic rings. The summed E-state index contributed by atoms with van der Waals surface area (Å²) in [6.45, 7) is 3.47. The Hall–Kier alpha value is -3.23. The molecule has 1 N–H and O–H groups in total. The molecular weight excluding hydrogens is 316 g/mol. The summed E-state index contributed by atoms with van der Waals surface area (Å²) in [6.07, 6.45) is 0.870. The normalized spacial score (nSPS) is 12.1. The average molecular weight is 332 g/mol. The van der Waals surface area contributed by atoms with Crippen LogP contribution in [0.4, 0.5) is 11.5 Å². The maximum Gasteiger partial charge on any atom is 0.270 e. The summed E-state index contributed by atoms with van der Waals surface area (Å²) < 4.78 is 4.86. The first-order valence-corrected chi connectivity index (χ1v) is 7.17. The van der Waals surface area contributed by atoms with Crippen LogP contribution >= 0.6 is 0 Å². The van der Waals surface area contributed by atoms with E-state index < -0.39 is 16.9 Å². The predicted octanol–water partition coefficient (Wildman–Crippen LogP) is 2.66. The van der Waals surface area contributed by atoms with Crippen molar-refractivity contribution in [1.29, 1.82) is 0 Å². The summed E-state index contributed by atoms with van der Waals surface area (Å²) >= 11 is 0. The highest BCUT2D eigenvalue weighted by molar-refractivity contribution is 5.93. The van der Waals surface area contributed by atoms with Gasteiger partial charge in [0.05, 0.1) is 11.1 Å². The van der Waals surface area contributed by atoms with Crippen LogP contribution in [-0.4, -0.2) is 28.3 Å². The first-order chi connectivity index (χ1) is 11.5. The lowest BCUT2D eigenvalue weighted by molar-refractivity contribution is -0.384. The van der Waals surface area contributed by atoms with Gasteiger partial charge in [-0.3, -0.25) is 14.9 Å². The zero-order chi connectivity index (χ0) is 17.5. The van der Waals surface area contributed by atoms with E-state index in [2.05, 4.69) is 15.6 Å². The molecule has 9 nitrogen and oxygen atoms in total. The van der Waals surface area contributed by atoms with Crippen molar-refractivity contribution < 1.29 is 19.1 Å². The van der Waals surface area contributed by atoms with Crippen LogP contribution in [0, 0.1) is 17.0 Å². The fourth-order valence-electron chi connectivity index (χ4n) is 1.82. The SMILES string of the molecule is CCC(O/N=C/c1cccc([N+](=O)[O-])c1)C(=O)Nc1cc(C)on1. The Bertz CT molecular complexity index is 756. The molecule has 1 heterocycles. The van der Waals surface area contributed by atoms with Crippen LogP contribution in [0.1, 0.15) is 24.7 Å². The number of aromatic nitrogens is 1. The Morgan fingerprint density at radius 1 is 1.54 bits per heavy atom. The van der Waals surface area contributed by atoms with Crippen LogP contribution in [-0.2, 0) is 9.63 Å². The van der Waals surface area contributed by atoms with Gasteiger partial charge in [0, 0.05) is 23.8 Å². The largest absolute Gasteiger partial charge is 0.382 e. The Morgan fingerprint density at radius 2 is 2.33 bits per heavy atom. The van der Waals surface area contributed by atoms with Crippen molar-refractivity contribution in [3.8, 4) is 0 Å². The summed E-state index contributed by atoms with van der Waals surface area (Å²) in [7, 11) is 0. The van der Waals surface area contributed by atoms with Gasteiger partial charge in [-0.15, -0.1) is 0 Å². The molecule has 0 saturated heterocycles. The van der Waals surface area contributed by atoms with Gasteiger partial charge in [-0.2, -0.15) is 0 Å². The number of anilines is 1. The van der Waals surface area contributed by atoms with E-state index in [4.69, 9.17) is 9.36 Å². The molecule has 0 bridgehead atoms. The van der Waals surface area contributed by atoms with Crippen LogP contribution in [0.5, 0.6) is 0 Å². The number of non-ortho nitro benzene ring substituents is 1. The van der Waals surface area contributed by atoms with E-state index in [1.54, 1.807) is 26.0 Å². The maximum absolute atomic E-state index is 12.1. The average Bonchev–Trinajstić information content (AvgIpc) is 2.96. The fourth-order valence-corrected chi connectivity index (χ4v) is 1.82. The number of carbonyl (C=O) groups is 1. The van der Waals surface area contributed by atoms with Crippen molar-refractivity contribution in [2.24, 2.45) is 5.16 Å². The van der Waals surface area contributed by atoms with Gasteiger partial charge < -0.3 is 14.7 Å². The smallest absolute Gasteiger partial charge is 0.270 e. The molecular formula is C15H16N4O5. The third kappa shape index (κ3) is 4.63. The maximum atomic E-state index is 12.1. The molecule has 1 atom stereocenters. The van der Waals surface area contributed by atoms with Crippen LogP contribution in [0.25, 0.3) is 0 Å². The monoisotopic (exact) mass is 332 g/mol. The minimum absolute atomic E-state index is 0.0508. The molecule has 0 aliphatic heterocycles. The van der Waals surface area contributed by atoms with E-state index in [1.165, 1.54) is 24.4 Å². The molecule has 0 fully saturated rings. The number of nitrogens with one attached hydrogen (secondary N) is 1. The lowest BCUT2D eigenvalue weighted by Gasteiger charge is -2.11. The molecule has 1 amide bonds. The minimum atomic E-state index is -0.822. The fraction of sp³-hybridized carbons (Fsp3) is 0.267. The van der Waals surface area contributed by atoms with Crippen LogP contribution < -0.4 is 5.32 Å². The van der Waals surface area contributed by atoms with Crippen molar-refractivity contribution >= 4 is 23.6 Å². The molecule has 1 aromatic heterocycles. The summed E-state index contributed by atoms with van der Waals surface area (Å²) in [6, 6.07) is 7.49. The first-order valence-electron chi connectivity index (χ1n) is 7.17. The second kappa shape index (κ2) is 7.86. The topological polar surface area (TPSA) is 120 Å². The Morgan fingerprint density at radius 3 is 2.96 bits per heavy atom. The standard InChI is InChI=1S/C15H16N4O5/c1-3-13(15(20)17-14-7-10(2)23-18-14)24-16-9-11-5-4-6-12(8-11)19(21)22/h4-9,13H,3H2,1-2H3,(H,17,18,20)/b16-9+. The zero-order valence-corrected chi connectivity index (χ0v) is 13.1. The number of nitro groups is 1. The summed E-state index contributed by atoms with van der Waals surface area (Å²) in [5, 5.41) is 20.7. The molecule has 1 aromatic carbocycles. The van der Waals surface area contributed by atoms with E-state index in [9.17, 15) is 14.9 Å². The number of hydrogen-bond donors (Lipinski definition) is 1. The highest BCUT2D eigenvalue weighted by Crippen LogP contribution is 2.12. The van der Waals surface area contributed by atoms with Gasteiger partial charge in [-0.1, -0.05) is 29.4 Å². The van der Waals surface area contributed by atoms with E-state index in [-0.39, 0.29) is 5.69 Å². The van der Waals surface area contributed by atoms with Crippen LogP contribution in [0.3, 0.4) is 0 Å². The van der Waals surface area contributed by atoms with Crippen molar-refractivity contribution in [2.75, 3.05) is 5.32 Å². The molecule has 2 aromatic rings. The highest BCUT2D eigenvalue weighted by Gasteiger charge is 2.19. The third-order valence-corrected chi connectivity index (χ3v) is 3.01. The Balaban J connectivity index is 1.96. The van der Waals surface area contributed by atoms with Gasteiger partial charge in [0.2, 0.25) is 6.10 Å². The summed E-state index contributed by atoms with van der Waals surface area (Å²) in [5.41, 5.74) is 0.441. The van der Waals surface area contributed by atoms with Crippen molar-refractivity contribution in [3.05, 3.63) is 51.8 Å². The van der Waals surface area contributed by atoms with Gasteiger partial charge in [-0.05, 0) is 13.3 Å². The number of nitro benzene ring substituents is 1. The molecule has 1 unspecified atom stereocenters. The minimum Gasteiger partial charge on any atom is -0.382 e. The van der Waals surface area contributed by atoms with Crippen molar-refractivity contribution in [3.63, 3.8) is 0 Å². The first kappa shape index (κ1) is 17.1. The molecule has 126 valence electrons. The third-order valence-electron chi connectivity index (χ3n) is 3.01. The quantitative estimate of drug-likeness (QED) is 0.473. The Labute approximate surface area is 137 Å². The van der Waals surface area contributed by atoms with Crippen LogP contribution in [0.2, 0.25) is 0 Å². The van der Waals surface area contributed by atoms with E-state index in [1.807, 2.05) is 0 Å². The molecule has 0 saturated carbocycles. The van der Waals surface area contributed by atoms with Gasteiger partial charge >= 0.3 is 0 Å². The number of benzene rings is 1. The lowest BCUT2D eigenvalue weighted by Crippen LogP contribution is -2.28. The number of aryl methyl sites for hydroxylation is 1. The van der Waals surface area contributed by atoms with E-state index in [0.717, 1.165) is 0 Å². The molecule has 0 aliphatic carbocycles. The molecule has 2 rings (SSSR count). The zero-order valence-electron chi connectivity index (χ0n) is 13.1. The van der Waals surface area contributed by atoms with Crippen molar-refractivity contribution in [1.82, 2.24) is 5.16 Å². The second-order valence-corrected chi connectivity index (χ2v) is 4.90. The van der Waals surface area contributed by atoms with Gasteiger partial charge in [0.25, 0.3) is 11.6 Å². The second-order valence-electron chi connectivity index (χ2n) is 4.90. The number of hydrogen-bond acceptors (Lipinski definition) is 7. The number of rotatable bonds is 7. The highest BCUT2D eigenvalue weighted by atomic mass is 16.6. The van der Waals surface area contributed by atoms with E-state index in [0.29, 0.717) is 23.6 Å². The van der Waals surface area contributed by atoms with Gasteiger partial charge in [0.15, 0.2) is 5.82 Å². The molecule has 24 heavy (non-hydrogen) atoms. The lowest BCUT2D eigenvalue weighted by atomic mass is 10.2. The Kier molecular flexibility index (Phi) is 5.61. The summed E-state index contributed by atoms with van der Waals surface area (Å²) in [4.78, 5) is 27.4. The van der Waals surface area contributed by atoms with Gasteiger partial charge in [-0.25, -0.2) is 0 Å². The number of carbonyl (C=O) groups excluding carboxylic acids is 1.